The highest BCUT2D eigenvalue weighted by atomic mass is 32.2. The quantitative estimate of drug-likeness (QED) is 0.134. The summed E-state index contributed by atoms with van der Waals surface area (Å²) >= 11 is 21.3. The molecule has 0 aliphatic carbocycles. The standard InChI is InChI=1S/C42H15B5S10/c1-3-7-20-16(5-1)18-9-11-22-30-32-24(52-43(48-20)38(18)30)13-28-34-36-26(54-45(50-22)40(32)34)15-27-37-35-29(57-47(56-28)42(36)37)14-25-33-31-23(51-46(55-27)41(33)35)12-10-19-17-6-2-4-8-21(17)49-44(53-25)39(19)31/h1-15H. The van der Waals surface area contributed by atoms with Gasteiger partial charge in [-0.2, -0.15) is 116 Å². The molecule has 0 fully saturated rings. The summed E-state index contributed by atoms with van der Waals surface area (Å²) in [6.45, 7) is 0. The van der Waals surface area contributed by atoms with E-state index in [4.69, 9.17) is 0 Å². The van der Waals surface area contributed by atoms with Gasteiger partial charge in [0, 0.05) is 49.0 Å². The van der Waals surface area contributed by atoms with E-state index in [1.807, 2.05) is 0 Å². The van der Waals surface area contributed by atoms with Crippen LogP contribution in [0.4, 0.5) is 0 Å². The summed E-state index contributed by atoms with van der Waals surface area (Å²) in [5.41, 5.74) is 26.2. The monoisotopic (exact) mass is 894 g/mol. The van der Waals surface area contributed by atoms with E-state index < -0.39 is 0 Å². The summed E-state index contributed by atoms with van der Waals surface area (Å²) in [5, 5.41) is 1.85. The molecule has 0 aromatic heterocycles. The van der Waals surface area contributed by atoms with Crippen molar-refractivity contribution in [1.29, 1.82) is 0 Å². The first-order chi connectivity index (χ1) is 28.2. The maximum atomic E-state index is 2.65. The Morgan fingerprint density at radius 2 is 0.509 bits per heavy atom. The van der Waals surface area contributed by atoms with E-state index in [0.29, 0.717) is 26.3 Å². The van der Waals surface area contributed by atoms with E-state index in [1.54, 1.807) is 71.8 Å². The minimum absolute atomic E-state index is 0.351. The summed E-state index contributed by atoms with van der Waals surface area (Å²) < 4.78 is 0. The highest BCUT2D eigenvalue weighted by Crippen LogP contribution is 2.65. The van der Waals surface area contributed by atoms with Gasteiger partial charge in [0.15, 0.2) is 0 Å². The van der Waals surface area contributed by atoms with Crippen LogP contribution in [-0.2, 0) is 0 Å². The van der Waals surface area contributed by atoms with Crippen molar-refractivity contribution < 1.29 is 0 Å². The molecule has 15 heteroatoms. The van der Waals surface area contributed by atoms with Crippen molar-refractivity contribution in [2.75, 3.05) is 0 Å². The van der Waals surface area contributed by atoms with Crippen LogP contribution >= 0.6 is 116 Å². The predicted octanol–water partition coefficient (Wildman–Crippen LogP) is 11.2. The van der Waals surface area contributed by atoms with Gasteiger partial charge in [-0.05, 0) is 137 Å². The van der Waals surface area contributed by atoms with Gasteiger partial charge in [0.1, 0.15) is 0 Å². The van der Waals surface area contributed by atoms with Crippen molar-refractivity contribution in [3.05, 3.63) is 91.0 Å². The maximum Gasteiger partial charge on any atom is 0.318 e. The van der Waals surface area contributed by atoms with Crippen LogP contribution < -0.4 is 27.3 Å². The molecule has 7 aromatic carbocycles. The molecule has 0 radical (unpaired) electrons. The Morgan fingerprint density at radius 1 is 0.228 bits per heavy atom. The first-order valence-electron chi connectivity index (χ1n) is 19.0. The zero-order valence-corrected chi connectivity index (χ0v) is 37.3. The van der Waals surface area contributed by atoms with E-state index in [2.05, 4.69) is 207 Å². The zero-order valence-electron chi connectivity index (χ0n) is 29.1. The second-order valence-electron chi connectivity index (χ2n) is 15.7. The van der Waals surface area contributed by atoms with Crippen LogP contribution in [0.15, 0.2) is 140 Å². The molecule has 0 bridgehead atoms. The van der Waals surface area contributed by atoms with Gasteiger partial charge in [0.2, 0.25) is 0 Å². The average molecular weight is 894 g/mol. The maximum absolute atomic E-state index is 2.65. The third-order valence-corrected chi connectivity index (χ3v) is 26.4. The Bertz CT molecular complexity index is 3070. The van der Waals surface area contributed by atoms with Crippen LogP contribution in [0, 0.1) is 0 Å². The molecule has 7 aromatic rings. The Balaban J connectivity index is 0.924. The SMILES string of the molecule is c1ccc2c(c1)SB1Sc3cc4c5c6c3-c3c(ccc-2c31)SB6Sc1cc2c3c(c1-5)B(S4)Sc1cc4c5c(c1-3)B(Sc1ccc3c(c1-5)B(Sc1ccccc1-3)S4)S2. The molecule has 10 heterocycles. The van der Waals surface area contributed by atoms with Crippen molar-refractivity contribution >= 4 is 170 Å². The molecule has 0 spiro atoms. The lowest BCUT2D eigenvalue weighted by Gasteiger charge is -2.46. The first-order valence-corrected chi connectivity index (χ1v) is 27.8. The fourth-order valence-corrected chi connectivity index (χ4v) is 26.2. The van der Waals surface area contributed by atoms with Crippen LogP contribution in [0.1, 0.15) is 0 Å². The van der Waals surface area contributed by atoms with E-state index in [-0.39, 0.29) is 0 Å². The van der Waals surface area contributed by atoms with Crippen LogP contribution in [-0.4, -0.2) is 26.3 Å². The number of benzene rings is 7. The van der Waals surface area contributed by atoms with Crippen LogP contribution in [0.2, 0.25) is 0 Å². The Kier molecular flexibility index (Phi) is 6.12. The zero-order chi connectivity index (χ0) is 36.2. The Labute approximate surface area is 372 Å². The third kappa shape index (κ3) is 3.79. The van der Waals surface area contributed by atoms with Gasteiger partial charge in [-0.3, -0.25) is 0 Å². The lowest BCUT2D eigenvalue weighted by atomic mass is 9.67. The van der Waals surface area contributed by atoms with Gasteiger partial charge in [-0.25, -0.2) is 0 Å². The van der Waals surface area contributed by atoms with Gasteiger partial charge in [-0.15, -0.1) is 0 Å². The summed E-state index contributed by atoms with van der Waals surface area (Å²) in [5.74, 6) is 0. The fraction of sp³-hybridized carbons (Fsp3) is 0. The van der Waals surface area contributed by atoms with E-state index >= 15 is 0 Å². The van der Waals surface area contributed by atoms with Crippen LogP contribution in [0.3, 0.4) is 0 Å². The summed E-state index contributed by atoms with van der Waals surface area (Å²) in [7, 11) is 0. The molecule has 0 saturated heterocycles. The highest BCUT2D eigenvalue weighted by molar-refractivity contribution is 8.58. The van der Waals surface area contributed by atoms with Gasteiger partial charge in [0.05, 0.1) is 0 Å². The molecular formula is C42H15B5S10. The molecular weight excluding hydrogens is 879 g/mol. The second-order valence-corrected chi connectivity index (χ2v) is 28.7. The summed E-state index contributed by atoms with van der Waals surface area (Å²) in [6, 6.07) is 35.9. The van der Waals surface area contributed by atoms with E-state index in [9.17, 15) is 0 Å². The molecule has 0 amide bonds. The minimum atomic E-state index is 0.351. The molecule has 57 heavy (non-hydrogen) atoms. The average Bonchev–Trinajstić information content (AvgIpc) is 3.23. The fourth-order valence-electron chi connectivity index (χ4n) is 11.1. The van der Waals surface area contributed by atoms with E-state index in [1.165, 1.54) is 71.2 Å². The summed E-state index contributed by atoms with van der Waals surface area (Å²) in [6.07, 6.45) is 0. The van der Waals surface area contributed by atoms with Gasteiger partial charge in [0.25, 0.3) is 0 Å². The smallest absolute Gasteiger partial charge is 0.154 e. The van der Waals surface area contributed by atoms with Crippen molar-refractivity contribution in [1.82, 2.24) is 0 Å². The van der Waals surface area contributed by atoms with E-state index in [0.717, 1.165) is 0 Å². The van der Waals surface area contributed by atoms with Gasteiger partial charge < -0.3 is 0 Å². The molecule has 10 aliphatic heterocycles. The van der Waals surface area contributed by atoms with Crippen LogP contribution in [0.5, 0.6) is 0 Å². The van der Waals surface area contributed by atoms with Gasteiger partial charge >= 0.3 is 26.3 Å². The molecule has 17 rings (SSSR count). The normalized spacial score (nSPS) is 18.0. The predicted molar refractivity (Wildman–Crippen MR) is 265 cm³/mol. The van der Waals surface area contributed by atoms with Crippen molar-refractivity contribution in [2.45, 2.75) is 49.0 Å². The minimum Gasteiger partial charge on any atom is -0.154 e. The molecule has 0 nitrogen and oxygen atoms in total. The molecule has 258 valence electrons. The lowest BCUT2D eigenvalue weighted by molar-refractivity contribution is 1.27. The number of hydrogen-bond acceptors (Lipinski definition) is 10. The summed E-state index contributed by atoms with van der Waals surface area (Å²) in [4.78, 5) is 14.8. The third-order valence-electron chi connectivity index (χ3n) is 13.2. The number of hydrogen-bond donors (Lipinski definition) is 0. The molecule has 0 atom stereocenters. The molecule has 0 N–H and O–H groups in total. The molecule has 10 aliphatic rings. The van der Waals surface area contributed by atoms with Crippen molar-refractivity contribution in [2.24, 2.45) is 0 Å². The highest BCUT2D eigenvalue weighted by Gasteiger charge is 2.53. The molecule has 0 unspecified atom stereocenters. The van der Waals surface area contributed by atoms with Crippen molar-refractivity contribution in [3.8, 4) is 66.8 Å². The second kappa shape index (κ2) is 10.9. The van der Waals surface area contributed by atoms with Gasteiger partial charge in [-0.1, -0.05) is 48.5 Å². The Hall–Kier alpha value is -1.64. The Morgan fingerprint density at radius 3 is 0.877 bits per heavy atom. The largest absolute Gasteiger partial charge is 0.318 e. The van der Waals surface area contributed by atoms with Crippen LogP contribution in [0.25, 0.3) is 66.8 Å². The topological polar surface area (TPSA) is 0 Å². The molecule has 0 saturated carbocycles. The number of fused-ring (bicyclic) bond motifs is 4. The van der Waals surface area contributed by atoms with Crippen molar-refractivity contribution in [3.63, 3.8) is 0 Å². The lowest BCUT2D eigenvalue weighted by Crippen LogP contribution is -2.47. The first kappa shape index (κ1) is 32.1. The number of rotatable bonds is 0.